The Balaban J connectivity index is 0.000000487. The fraction of sp³-hybridized carbons (Fsp3) is 0.818. The maximum atomic E-state index is 4.95. The van der Waals surface area contributed by atoms with Crippen LogP contribution in [0.1, 0.15) is 46.5 Å². The van der Waals surface area contributed by atoms with Crippen LogP contribution in [-0.4, -0.2) is 5.80 Å². The number of rotatable bonds is 3. The number of hydrogen-bond donors (Lipinski definition) is 0. The summed E-state index contributed by atoms with van der Waals surface area (Å²) < 4.78 is 0. The number of hydrogen-bond acceptors (Lipinski definition) is 0. The molecule has 1 rings (SSSR count). The van der Waals surface area contributed by atoms with Crippen LogP contribution >= 0.6 is 37.7 Å². The molecule has 0 aromatic heterocycles. The van der Waals surface area contributed by atoms with E-state index in [9.17, 15) is 0 Å². The second-order valence-electron chi connectivity index (χ2n) is 4.59. The molecule has 1 fully saturated rings. The SMILES string of the molecule is CC(C)[CH-]P=[C-]C1(C)CCCC1.[Cl][V]([Cl])[Cl]. The molecule has 0 saturated heterocycles. The summed E-state index contributed by atoms with van der Waals surface area (Å²) in [6.45, 7) is 6.80. The molecule has 0 bridgehead atoms. The standard InChI is InChI=1S/C11H19P.3ClH.V/c1-10(2)8-12-9-11(3)6-4-5-7-11;;;;/h8,10H,4-7H2,1-3H3;3*1H;/q-2;;;;+3/p-3. The molecular weight excluding hydrogens is 320 g/mol. The summed E-state index contributed by atoms with van der Waals surface area (Å²) in [6, 6.07) is 0. The van der Waals surface area contributed by atoms with Gasteiger partial charge in [0.15, 0.2) is 0 Å². The van der Waals surface area contributed by atoms with E-state index in [2.05, 4.69) is 32.7 Å². The van der Waals surface area contributed by atoms with Gasteiger partial charge in [0.05, 0.1) is 0 Å². The molecule has 1 aliphatic rings. The van der Waals surface area contributed by atoms with Gasteiger partial charge in [0, 0.05) is 0 Å². The predicted molar refractivity (Wildman–Crippen MR) is 75.2 cm³/mol. The van der Waals surface area contributed by atoms with Crippen molar-refractivity contribution in [3.63, 3.8) is 0 Å². The van der Waals surface area contributed by atoms with Crippen molar-refractivity contribution in [1.82, 2.24) is 0 Å². The van der Waals surface area contributed by atoms with Crippen molar-refractivity contribution >= 4 is 43.5 Å². The van der Waals surface area contributed by atoms with Crippen LogP contribution < -0.4 is 0 Å². The first-order chi connectivity index (χ1) is 7.36. The summed E-state index contributed by atoms with van der Waals surface area (Å²) in [5.74, 6) is 4.30. The van der Waals surface area contributed by atoms with Crippen molar-refractivity contribution in [3.8, 4) is 0 Å². The van der Waals surface area contributed by atoms with Crippen LogP contribution in [0, 0.1) is 17.5 Å². The average molecular weight is 340 g/mol. The zero-order valence-electron chi connectivity index (χ0n) is 10.0. The average Bonchev–Trinajstić information content (AvgIpc) is 2.50. The molecule has 16 heavy (non-hydrogen) atoms. The molecular formula is C11H19Cl3PV-2. The Bertz CT molecular complexity index is 199. The first-order valence-corrected chi connectivity index (χ1v) is 12.2. The second kappa shape index (κ2) is 9.54. The van der Waals surface area contributed by atoms with E-state index in [-0.39, 0.29) is 0 Å². The van der Waals surface area contributed by atoms with Gasteiger partial charge in [-0.05, 0) is 0 Å². The van der Waals surface area contributed by atoms with Crippen LogP contribution in [-0.2, 0) is 12.3 Å². The summed E-state index contributed by atoms with van der Waals surface area (Å²) in [6.07, 6.45) is 7.84. The van der Waals surface area contributed by atoms with Gasteiger partial charge in [0.1, 0.15) is 0 Å². The minimum absolute atomic E-state index is 0.437. The third-order valence-electron chi connectivity index (χ3n) is 2.41. The second-order valence-corrected chi connectivity index (χ2v) is 12.3. The van der Waals surface area contributed by atoms with Gasteiger partial charge in [-0.2, -0.15) is 11.3 Å². The van der Waals surface area contributed by atoms with E-state index in [0.717, 1.165) is 0 Å². The molecule has 0 nitrogen and oxygen atoms in total. The van der Waals surface area contributed by atoms with Gasteiger partial charge in [-0.25, -0.2) is 0 Å². The molecule has 0 aliphatic heterocycles. The molecule has 5 heteroatoms. The van der Waals surface area contributed by atoms with E-state index in [0.29, 0.717) is 11.3 Å². The molecule has 0 amide bonds. The van der Waals surface area contributed by atoms with Crippen molar-refractivity contribution < 1.29 is 12.3 Å². The summed E-state index contributed by atoms with van der Waals surface area (Å²) in [4.78, 5) is 0. The minimum atomic E-state index is -1.77. The molecule has 96 valence electrons. The van der Waals surface area contributed by atoms with Gasteiger partial charge in [-0.15, -0.1) is 0 Å². The van der Waals surface area contributed by atoms with Gasteiger partial charge in [-0.1, -0.05) is 46.5 Å². The molecule has 0 aromatic rings. The molecule has 0 spiro atoms. The van der Waals surface area contributed by atoms with Crippen LogP contribution in [0.3, 0.4) is 0 Å². The first kappa shape index (κ1) is 17.6. The first-order valence-electron chi connectivity index (χ1n) is 5.43. The Morgan fingerprint density at radius 3 is 2.06 bits per heavy atom. The van der Waals surface area contributed by atoms with E-state index >= 15 is 0 Å². The Morgan fingerprint density at radius 2 is 1.69 bits per heavy atom. The van der Waals surface area contributed by atoms with Crippen molar-refractivity contribution in [3.05, 3.63) is 6.16 Å². The Hall–Kier alpha value is 1.62. The Labute approximate surface area is 119 Å². The normalized spacial score (nSPS) is 19.2. The van der Waals surface area contributed by atoms with E-state index in [1.807, 2.05) is 0 Å². The van der Waals surface area contributed by atoms with E-state index in [1.54, 1.807) is 0 Å². The van der Waals surface area contributed by atoms with Crippen molar-refractivity contribution in [2.75, 3.05) is 0 Å². The van der Waals surface area contributed by atoms with E-state index in [1.165, 1.54) is 33.9 Å². The van der Waals surface area contributed by atoms with Crippen LogP contribution in [0.25, 0.3) is 0 Å². The van der Waals surface area contributed by atoms with E-state index < -0.39 is 12.3 Å². The molecule has 0 radical (unpaired) electrons. The van der Waals surface area contributed by atoms with Gasteiger partial charge in [0.2, 0.25) is 0 Å². The summed E-state index contributed by atoms with van der Waals surface area (Å²) in [7, 11) is 16.2. The zero-order chi connectivity index (χ0) is 12.6. The maximum absolute atomic E-state index is 4.95. The summed E-state index contributed by atoms with van der Waals surface area (Å²) in [5.41, 5.74) is 0.437. The summed E-state index contributed by atoms with van der Waals surface area (Å²) in [5, 5.41) is 0. The van der Waals surface area contributed by atoms with Crippen LogP contribution in [0.5, 0.6) is 0 Å². The zero-order valence-corrected chi connectivity index (χ0v) is 14.6. The van der Waals surface area contributed by atoms with Gasteiger partial charge < -0.3 is 20.2 Å². The Morgan fingerprint density at radius 1 is 1.25 bits per heavy atom. The fourth-order valence-corrected chi connectivity index (χ4v) is 2.52. The Kier molecular flexibility index (Phi) is 10.5. The molecule has 0 heterocycles. The van der Waals surface area contributed by atoms with Crippen molar-refractivity contribution in [2.24, 2.45) is 11.3 Å². The predicted octanol–water partition coefficient (Wildman–Crippen LogP) is 6.08. The van der Waals surface area contributed by atoms with Crippen LogP contribution in [0.4, 0.5) is 0 Å². The van der Waals surface area contributed by atoms with Gasteiger partial charge in [-0.3, -0.25) is 0 Å². The third kappa shape index (κ3) is 10.8. The molecule has 0 unspecified atom stereocenters. The summed E-state index contributed by atoms with van der Waals surface area (Å²) >= 11 is -1.77. The van der Waals surface area contributed by atoms with Crippen molar-refractivity contribution in [2.45, 2.75) is 46.5 Å². The van der Waals surface area contributed by atoms with Crippen LogP contribution in [0.2, 0.25) is 0 Å². The fourth-order valence-electron chi connectivity index (χ4n) is 1.61. The molecule has 1 aliphatic carbocycles. The third-order valence-corrected chi connectivity index (χ3v) is 3.83. The topological polar surface area (TPSA) is 0 Å². The van der Waals surface area contributed by atoms with Gasteiger partial charge in [0.25, 0.3) is 0 Å². The van der Waals surface area contributed by atoms with Crippen molar-refractivity contribution in [1.29, 1.82) is 0 Å². The monoisotopic (exact) mass is 338 g/mol. The molecule has 0 N–H and O–H groups in total. The number of halogens is 3. The quantitative estimate of drug-likeness (QED) is 0.432. The molecule has 0 atom stereocenters. The van der Waals surface area contributed by atoms with Gasteiger partial charge >= 0.3 is 41.8 Å². The molecule has 0 aromatic carbocycles. The van der Waals surface area contributed by atoms with Crippen LogP contribution in [0.15, 0.2) is 0 Å². The van der Waals surface area contributed by atoms with E-state index in [4.69, 9.17) is 29.5 Å². The molecule has 1 saturated carbocycles.